The third-order valence-corrected chi connectivity index (χ3v) is 8.72. The number of hydrogen-bond acceptors (Lipinski definition) is 5. The highest BCUT2D eigenvalue weighted by Gasteiger charge is 2.25. The van der Waals surface area contributed by atoms with Crippen LogP contribution in [0, 0.1) is 18.3 Å². The topological polar surface area (TPSA) is 90.3 Å². The lowest BCUT2D eigenvalue weighted by molar-refractivity contribution is -0.117. The normalized spacial score (nSPS) is 13.3. The van der Waals surface area contributed by atoms with Crippen molar-refractivity contribution in [2.24, 2.45) is 0 Å². The van der Waals surface area contributed by atoms with E-state index in [1.807, 2.05) is 12.1 Å². The molecule has 44 heavy (non-hydrogen) atoms. The second-order valence-corrected chi connectivity index (χ2v) is 12.1. The molecule has 0 saturated carbocycles. The van der Waals surface area contributed by atoms with Crippen molar-refractivity contribution in [3.8, 4) is 6.07 Å². The van der Waals surface area contributed by atoms with Crippen LogP contribution < -0.4 is 10.2 Å². The van der Waals surface area contributed by atoms with E-state index in [0.29, 0.717) is 35.6 Å². The summed E-state index contributed by atoms with van der Waals surface area (Å²) in [6.07, 6.45) is 9.06. The van der Waals surface area contributed by atoms with Crippen molar-refractivity contribution in [1.82, 2.24) is 5.32 Å². The number of piperidine rings is 1. The molecule has 6 nitrogen and oxygen atoms in total. The second-order valence-electron chi connectivity index (χ2n) is 12.1. The zero-order valence-corrected chi connectivity index (χ0v) is 26.2. The highest BCUT2D eigenvalue weighted by atomic mass is 16.1. The van der Waals surface area contributed by atoms with E-state index in [2.05, 4.69) is 53.5 Å². The number of rotatable bonds is 15. The number of nitrogens with one attached hydrogen (secondary N) is 1. The summed E-state index contributed by atoms with van der Waals surface area (Å²) in [6.45, 7) is 6.29. The number of nitriles is 1. The Balaban J connectivity index is 0.00000368. The van der Waals surface area contributed by atoms with Gasteiger partial charge < -0.3 is 15.0 Å². The van der Waals surface area contributed by atoms with E-state index in [1.54, 1.807) is 31.2 Å². The van der Waals surface area contributed by atoms with Gasteiger partial charge in [-0.05, 0) is 92.5 Å². The van der Waals surface area contributed by atoms with Crippen LogP contribution in [-0.2, 0) is 11.2 Å². The number of carbonyl (C=O) groups is 3. The Bertz CT molecular complexity index is 1480. The van der Waals surface area contributed by atoms with Crippen LogP contribution in [0.1, 0.15) is 116 Å². The molecule has 0 bridgehead atoms. The van der Waals surface area contributed by atoms with Crippen molar-refractivity contribution < 1.29 is 17.2 Å². The number of ketones is 2. The quantitative estimate of drug-likeness (QED) is 0.141. The number of benzene rings is 3. The van der Waals surface area contributed by atoms with Crippen LogP contribution in [-0.4, -0.2) is 37.1 Å². The fraction of sp³-hybridized carbons (Fsp3) is 0.421. The molecule has 3 aromatic carbocycles. The number of hydrogen-bond donors (Lipinski definition) is 1. The lowest BCUT2D eigenvalue weighted by atomic mass is 9.83. The van der Waals surface area contributed by atoms with Crippen molar-refractivity contribution in [2.75, 3.05) is 24.5 Å². The number of aryl methyl sites for hydroxylation is 1. The Kier molecular flexibility index (Phi) is 12.3. The van der Waals surface area contributed by atoms with Crippen LogP contribution in [0.3, 0.4) is 0 Å². The molecule has 4 rings (SSSR count). The molecule has 234 valence electrons. The number of Topliss-reactive ketones (excluding diaryl/α,β-unsaturated/α-hetero) is 2. The van der Waals surface area contributed by atoms with Crippen molar-refractivity contribution in [2.45, 2.75) is 84.0 Å². The molecule has 0 radical (unpaired) electrons. The molecule has 1 saturated heterocycles. The minimum atomic E-state index is -0.112. The van der Waals surface area contributed by atoms with E-state index >= 15 is 0 Å². The van der Waals surface area contributed by atoms with Gasteiger partial charge in [-0.3, -0.25) is 9.59 Å². The molecule has 0 unspecified atom stereocenters. The van der Waals surface area contributed by atoms with Gasteiger partial charge in [0, 0.05) is 52.1 Å². The molecule has 1 fully saturated rings. The Morgan fingerprint density at radius 2 is 1.55 bits per heavy atom. The summed E-state index contributed by atoms with van der Waals surface area (Å²) in [4.78, 5) is 40.0. The van der Waals surface area contributed by atoms with Crippen LogP contribution in [0.4, 0.5) is 5.69 Å². The first-order chi connectivity index (χ1) is 21.4. The average Bonchev–Trinajstić information content (AvgIpc) is 3.04. The summed E-state index contributed by atoms with van der Waals surface area (Å²) in [5.74, 6) is 0.436. The number of nitrogens with zero attached hydrogens (tertiary/aromatic N) is 2. The summed E-state index contributed by atoms with van der Waals surface area (Å²) < 4.78 is 0. The SMILES string of the molecule is CC(=O)CCCCCCCCNC(=O)c1ccc(C2CCN(c3ccccc3C)CC2)c(CC(=O)c2ccc(C#N)cc2)c1.[HH].[HH]. The molecule has 0 spiro atoms. The summed E-state index contributed by atoms with van der Waals surface area (Å²) in [5, 5.41) is 12.2. The van der Waals surface area contributed by atoms with E-state index in [-0.39, 0.29) is 26.7 Å². The van der Waals surface area contributed by atoms with Gasteiger partial charge in [0.15, 0.2) is 5.78 Å². The molecule has 3 aromatic rings. The maximum absolute atomic E-state index is 13.4. The van der Waals surface area contributed by atoms with Gasteiger partial charge in [-0.1, -0.05) is 62.1 Å². The van der Waals surface area contributed by atoms with Crippen molar-refractivity contribution in [3.05, 3.63) is 100 Å². The first-order valence-corrected chi connectivity index (χ1v) is 16.1. The van der Waals surface area contributed by atoms with E-state index in [9.17, 15) is 14.4 Å². The molecule has 0 atom stereocenters. The number of unbranched alkanes of at least 4 members (excludes halogenated alkanes) is 5. The number of carbonyl (C=O) groups excluding carboxylic acids is 3. The number of anilines is 1. The Labute approximate surface area is 265 Å². The van der Waals surface area contributed by atoms with Gasteiger partial charge in [-0.2, -0.15) is 5.26 Å². The minimum absolute atomic E-state index is 0. The largest absolute Gasteiger partial charge is 0.371 e. The standard InChI is InChI=1S/C38H45N3O3.2H2/c1-28-11-8-9-13-36(28)41-23-20-31(21-24-41)35-19-18-33(38(44)40-22-10-6-4-3-5-7-12-29(2)42)25-34(35)26-37(43)32-16-14-30(27-39)15-17-32;;/h8-9,11,13-19,25,31H,3-7,10,12,20-24,26H2,1-2H3,(H,40,44);2*1H. The summed E-state index contributed by atoms with van der Waals surface area (Å²) in [5.41, 5.74) is 6.29. The van der Waals surface area contributed by atoms with Crippen LogP contribution in [0.15, 0.2) is 66.7 Å². The molecule has 1 aliphatic rings. The zero-order valence-electron chi connectivity index (χ0n) is 26.2. The van der Waals surface area contributed by atoms with Crippen molar-refractivity contribution in [3.63, 3.8) is 0 Å². The molecule has 6 heteroatoms. The Hall–Kier alpha value is -4.24. The highest BCUT2D eigenvalue weighted by molar-refractivity contribution is 5.99. The van der Waals surface area contributed by atoms with Gasteiger partial charge in [0.05, 0.1) is 11.6 Å². The van der Waals surface area contributed by atoms with E-state index in [0.717, 1.165) is 75.6 Å². The predicted octanol–water partition coefficient (Wildman–Crippen LogP) is 8.22. The highest BCUT2D eigenvalue weighted by Crippen LogP contribution is 2.34. The number of amides is 1. The third kappa shape index (κ3) is 9.38. The molecule has 1 heterocycles. The monoisotopic (exact) mass is 595 g/mol. The Morgan fingerprint density at radius 1 is 0.886 bits per heavy atom. The average molecular weight is 596 g/mol. The van der Waals surface area contributed by atoms with Crippen molar-refractivity contribution >= 4 is 23.2 Å². The molecule has 0 aliphatic carbocycles. The van der Waals surface area contributed by atoms with Crippen LogP contribution in [0.5, 0.6) is 0 Å². The van der Waals surface area contributed by atoms with Crippen LogP contribution in [0.25, 0.3) is 0 Å². The number of para-hydroxylation sites is 1. The summed E-state index contributed by atoms with van der Waals surface area (Å²) >= 11 is 0. The van der Waals surface area contributed by atoms with Crippen LogP contribution >= 0.6 is 0 Å². The second kappa shape index (κ2) is 16.6. The third-order valence-electron chi connectivity index (χ3n) is 8.72. The van der Waals surface area contributed by atoms with Crippen LogP contribution in [0.2, 0.25) is 0 Å². The first-order valence-electron chi connectivity index (χ1n) is 16.1. The molecule has 1 amide bonds. The molecule has 1 N–H and O–H groups in total. The smallest absolute Gasteiger partial charge is 0.251 e. The maximum atomic E-state index is 13.4. The maximum Gasteiger partial charge on any atom is 0.251 e. The summed E-state index contributed by atoms with van der Waals surface area (Å²) in [7, 11) is 0. The van der Waals surface area contributed by atoms with Gasteiger partial charge in [-0.25, -0.2) is 0 Å². The fourth-order valence-corrected chi connectivity index (χ4v) is 6.16. The van der Waals surface area contributed by atoms with Gasteiger partial charge >= 0.3 is 0 Å². The lowest BCUT2D eigenvalue weighted by Gasteiger charge is -2.35. The molecule has 1 aliphatic heterocycles. The van der Waals surface area contributed by atoms with Gasteiger partial charge in [0.25, 0.3) is 5.91 Å². The Morgan fingerprint density at radius 3 is 2.23 bits per heavy atom. The molecule has 0 aromatic heterocycles. The van der Waals surface area contributed by atoms with Gasteiger partial charge in [-0.15, -0.1) is 0 Å². The van der Waals surface area contributed by atoms with Gasteiger partial charge in [0.2, 0.25) is 0 Å². The molecular formula is C38H49N3O3. The zero-order chi connectivity index (χ0) is 31.3. The summed E-state index contributed by atoms with van der Waals surface area (Å²) in [6, 6.07) is 23.2. The molecular weight excluding hydrogens is 546 g/mol. The van der Waals surface area contributed by atoms with Crippen molar-refractivity contribution in [1.29, 1.82) is 5.26 Å². The van der Waals surface area contributed by atoms with E-state index < -0.39 is 0 Å². The van der Waals surface area contributed by atoms with E-state index in [4.69, 9.17) is 5.26 Å². The van der Waals surface area contributed by atoms with Gasteiger partial charge in [0.1, 0.15) is 5.78 Å². The predicted molar refractivity (Wildman–Crippen MR) is 181 cm³/mol. The van der Waals surface area contributed by atoms with E-state index in [1.165, 1.54) is 11.3 Å². The minimum Gasteiger partial charge on any atom is -0.371 e. The lowest BCUT2D eigenvalue weighted by Crippen LogP contribution is -2.33. The fourth-order valence-electron chi connectivity index (χ4n) is 6.16. The first kappa shape index (κ1) is 32.7.